The van der Waals surface area contributed by atoms with Gasteiger partial charge in [0.2, 0.25) is 15.9 Å². The lowest BCUT2D eigenvalue weighted by atomic mass is 9.95. The van der Waals surface area contributed by atoms with E-state index in [0.29, 0.717) is 0 Å². The first-order valence-corrected chi connectivity index (χ1v) is 13.7. The van der Waals surface area contributed by atoms with E-state index >= 15 is 0 Å². The van der Waals surface area contributed by atoms with Crippen LogP contribution >= 0.6 is 31.9 Å². The number of hydrogen-bond acceptors (Lipinski definition) is 3. The Morgan fingerprint density at radius 3 is 2.35 bits per heavy atom. The van der Waals surface area contributed by atoms with Gasteiger partial charge in [0, 0.05) is 26.7 Å². The van der Waals surface area contributed by atoms with Crippen LogP contribution in [0.3, 0.4) is 0 Å². The number of anilines is 1. The molecular formula is C23H26Br2N2O3S. The van der Waals surface area contributed by atoms with E-state index in [4.69, 9.17) is 0 Å². The summed E-state index contributed by atoms with van der Waals surface area (Å²) in [5.41, 5.74) is 1.99. The Kier molecular flexibility index (Phi) is 6.91. The van der Waals surface area contributed by atoms with Gasteiger partial charge >= 0.3 is 0 Å². The van der Waals surface area contributed by atoms with Gasteiger partial charge in [-0.05, 0) is 74.2 Å². The van der Waals surface area contributed by atoms with Gasteiger partial charge in [-0.3, -0.25) is 4.79 Å². The second-order valence-corrected chi connectivity index (χ2v) is 12.1. The molecule has 1 fully saturated rings. The molecule has 31 heavy (non-hydrogen) atoms. The third kappa shape index (κ3) is 4.77. The monoisotopic (exact) mass is 568 g/mol. The summed E-state index contributed by atoms with van der Waals surface area (Å²) in [5.74, 6) is -0.167. The summed E-state index contributed by atoms with van der Waals surface area (Å²) in [5, 5.41) is 0. The standard InChI is InChI=1S/C23H26Br2N2O3S/c1-16-13-17-14-19(25)9-12-22(17)27(16)23(28)15-26(20-5-3-2-4-6-20)31(29,30)21-10-7-18(24)8-11-21/h7-12,14,16,20H,2-6,13,15H2,1H3/t16-/m1/s1. The summed E-state index contributed by atoms with van der Waals surface area (Å²) >= 11 is 6.86. The molecule has 0 saturated heterocycles. The van der Waals surface area contributed by atoms with Crippen LogP contribution < -0.4 is 4.90 Å². The third-order valence-electron chi connectivity index (χ3n) is 6.22. The molecule has 1 aliphatic heterocycles. The highest BCUT2D eigenvalue weighted by molar-refractivity contribution is 9.10. The number of carbonyl (C=O) groups excluding carboxylic acids is 1. The molecule has 1 atom stereocenters. The van der Waals surface area contributed by atoms with Gasteiger partial charge in [0.1, 0.15) is 0 Å². The largest absolute Gasteiger partial charge is 0.308 e. The fourth-order valence-electron chi connectivity index (χ4n) is 4.71. The van der Waals surface area contributed by atoms with E-state index in [2.05, 4.69) is 31.9 Å². The van der Waals surface area contributed by atoms with Crippen molar-refractivity contribution >= 4 is 53.5 Å². The van der Waals surface area contributed by atoms with Crippen LogP contribution in [0.1, 0.15) is 44.6 Å². The Morgan fingerprint density at radius 2 is 1.68 bits per heavy atom. The van der Waals surface area contributed by atoms with E-state index in [1.165, 1.54) is 4.31 Å². The molecule has 166 valence electrons. The molecule has 2 aliphatic rings. The molecule has 1 saturated carbocycles. The number of rotatable bonds is 5. The predicted octanol–water partition coefficient (Wildman–Crippen LogP) is 5.51. The highest BCUT2D eigenvalue weighted by Gasteiger charge is 2.38. The van der Waals surface area contributed by atoms with E-state index in [1.807, 2.05) is 25.1 Å². The van der Waals surface area contributed by atoms with Gasteiger partial charge in [-0.1, -0.05) is 51.1 Å². The fourth-order valence-corrected chi connectivity index (χ4v) is 7.02. The number of nitrogens with zero attached hydrogens (tertiary/aromatic N) is 2. The normalized spacial score (nSPS) is 19.6. The van der Waals surface area contributed by atoms with Crippen LogP contribution in [-0.2, 0) is 21.2 Å². The van der Waals surface area contributed by atoms with E-state index in [9.17, 15) is 13.2 Å². The zero-order chi connectivity index (χ0) is 22.2. The number of halogens is 2. The zero-order valence-electron chi connectivity index (χ0n) is 17.4. The maximum absolute atomic E-state index is 13.6. The Morgan fingerprint density at radius 1 is 1.03 bits per heavy atom. The molecule has 0 unspecified atom stereocenters. The van der Waals surface area contributed by atoms with Crippen LogP contribution in [0.15, 0.2) is 56.3 Å². The average molecular weight is 570 g/mol. The van der Waals surface area contributed by atoms with Crippen molar-refractivity contribution in [3.8, 4) is 0 Å². The van der Waals surface area contributed by atoms with Crippen LogP contribution in [0, 0.1) is 0 Å². The van der Waals surface area contributed by atoms with Gasteiger partial charge in [-0.25, -0.2) is 8.42 Å². The summed E-state index contributed by atoms with van der Waals surface area (Å²) in [6.45, 7) is 1.88. The quantitative estimate of drug-likeness (QED) is 0.477. The molecule has 1 amide bonds. The van der Waals surface area contributed by atoms with Crippen LogP contribution in [0.5, 0.6) is 0 Å². The first kappa shape index (κ1) is 23.0. The molecule has 4 rings (SSSR count). The number of sulfonamides is 1. The Bertz CT molecular complexity index is 1070. The number of benzene rings is 2. The van der Waals surface area contributed by atoms with Crippen LogP contribution in [0.2, 0.25) is 0 Å². The van der Waals surface area contributed by atoms with Crippen molar-refractivity contribution in [1.82, 2.24) is 4.31 Å². The fraction of sp³-hybridized carbons (Fsp3) is 0.435. The summed E-state index contributed by atoms with van der Waals surface area (Å²) in [7, 11) is -3.79. The summed E-state index contributed by atoms with van der Waals surface area (Å²) in [6.07, 6.45) is 5.44. The molecule has 0 spiro atoms. The van der Waals surface area contributed by atoms with Crippen molar-refractivity contribution in [3.63, 3.8) is 0 Å². The number of hydrogen-bond donors (Lipinski definition) is 0. The predicted molar refractivity (Wildman–Crippen MR) is 130 cm³/mol. The van der Waals surface area contributed by atoms with Crippen molar-refractivity contribution in [1.29, 1.82) is 0 Å². The number of carbonyl (C=O) groups is 1. The van der Waals surface area contributed by atoms with Crippen LogP contribution in [0.4, 0.5) is 5.69 Å². The molecule has 0 radical (unpaired) electrons. The van der Waals surface area contributed by atoms with Crippen molar-refractivity contribution in [3.05, 3.63) is 57.0 Å². The third-order valence-corrected chi connectivity index (χ3v) is 9.15. The molecule has 0 bridgehead atoms. The average Bonchev–Trinajstić information content (AvgIpc) is 3.07. The molecule has 1 heterocycles. The summed E-state index contributed by atoms with van der Waals surface area (Å²) in [6, 6.07) is 12.4. The smallest absolute Gasteiger partial charge is 0.243 e. The van der Waals surface area contributed by atoms with E-state index in [-0.39, 0.29) is 29.4 Å². The minimum Gasteiger partial charge on any atom is -0.308 e. The van der Waals surface area contributed by atoms with Gasteiger partial charge in [-0.2, -0.15) is 4.31 Å². The minimum absolute atomic E-state index is 0.000362. The Balaban J connectivity index is 1.65. The zero-order valence-corrected chi connectivity index (χ0v) is 21.4. The molecular weight excluding hydrogens is 544 g/mol. The number of fused-ring (bicyclic) bond motifs is 1. The Labute approximate surface area is 201 Å². The molecule has 2 aromatic carbocycles. The van der Waals surface area contributed by atoms with Gasteiger partial charge < -0.3 is 4.90 Å². The van der Waals surface area contributed by atoms with Gasteiger partial charge in [0.25, 0.3) is 0 Å². The first-order valence-electron chi connectivity index (χ1n) is 10.7. The highest BCUT2D eigenvalue weighted by Crippen LogP contribution is 2.35. The van der Waals surface area contributed by atoms with Crippen molar-refractivity contribution in [2.75, 3.05) is 11.4 Å². The SMILES string of the molecule is C[C@@H]1Cc2cc(Br)ccc2N1C(=O)CN(C1CCCCC1)S(=O)(=O)c1ccc(Br)cc1. The molecule has 0 aromatic heterocycles. The lowest BCUT2D eigenvalue weighted by molar-refractivity contribution is -0.119. The van der Waals surface area contributed by atoms with Crippen molar-refractivity contribution < 1.29 is 13.2 Å². The molecule has 5 nitrogen and oxygen atoms in total. The van der Waals surface area contributed by atoms with Crippen LogP contribution in [0.25, 0.3) is 0 Å². The van der Waals surface area contributed by atoms with Crippen molar-refractivity contribution in [2.45, 2.75) is 62.4 Å². The second kappa shape index (κ2) is 9.33. The van der Waals surface area contributed by atoms with Gasteiger partial charge in [0.05, 0.1) is 11.4 Å². The summed E-state index contributed by atoms with van der Waals surface area (Å²) < 4.78 is 30.5. The van der Waals surface area contributed by atoms with E-state index < -0.39 is 10.0 Å². The maximum atomic E-state index is 13.6. The highest BCUT2D eigenvalue weighted by atomic mass is 79.9. The first-order chi connectivity index (χ1) is 14.8. The second-order valence-electron chi connectivity index (χ2n) is 8.39. The van der Waals surface area contributed by atoms with E-state index in [0.717, 1.165) is 58.7 Å². The lowest BCUT2D eigenvalue weighted by Crippen LogP contribution is -2.49. The Hall–Kier alpha value is -1.22. The van der Waals surface area contributed by atoms with Gasteiger partial charge in [-0.15, -0.1) is 0 Å². The molecule has 2 aromatic rings. The van der Waals surface area contributed by atoms with E-state index in [1.54, 1.807) is 29.2 Å². The summed E-state index contributed by atoms with van der Waals surface area (Å²) in [4.78, 5) is 15.5. The molecule has 1 aliphatic carbocycles. The van der Waals surface area contributed by atoms with Crippen LogP contribution in [-0.4, -0.2) is 37.3 Å². The number of amides is 1. The van der Waals surface area contributed by atoms with Crippen molar-refractivity contribution in [2.24, 2.45) is 0 Å². The van der Waals surface area contributed by atoms with Gasteiger partial charge in [0.15, 0.2) is 0 Å². The molecule has 0 N–H and O–H groups in total. The molecule has 8 heteroatoms. The maximum Gasteiger partial charge on any atom is 0.243 e. The lowest BCUT2D eigenvalue weighted by Gasteiger charge is -2.34. The topological polar surface area (TPSA) is 57.7 Å². The minimum atomic E-state index is -3.79.